The monoisotopic (exact) mass is 636 g/mol. The van der Waals surface area contributed by atoms with E-state index >= 15 is 0 Å². The van der Waals surface area contributed by atoms with Gasteiger partial charge in [-0.3, -0.25) is 0 Å². The second kappa shape index (κ2) is 11.5. The molecule has 0 aliphatic carbocycles. The van der Waals surface area contributed by atoms with E-state index in [2.05, 4.69) is 203 Å². The van der Waals surface area contributed by atoms with Crippen LogP contribution in [0.5, 0.6) is 0 Å². The Morgan fingerprint density at radius 3 is 1.38 bits per heavy atom. The molecule has 0 radical (unpaired) electrons. The fraction of sp³-hybridized carbons (Fsp3) is 0. The fourth-order valence-corrected chi connectivity index (χ4v) is 8.06. The molecule has 2 heterocycles. The van der Waals surface area contributed by atoms with Gasteiger partial charge in [-0.25, -0.2) is 0 Å². The fourth-order valence-electron chi connectivity index (χ4n) is 8.06. The normalized spacial score (nSPS) is 11.6. The summed E-state index contributed by atoms with van der Waals surface area (Å²) in [5.74, 6) is 0. The zero-order valence-electron chi connectivity index (χ0n) is 27.4. The number of hydrogen-bond acceptors (Lipinski definition) is 0. The van der Waals surface area contributed by atoms with Gasteiger partial charge in [-0.2, -0.15) is 0 Å². The van der Waals surface area contributed by atoms with Crippen LogP contribution in [0.4, 0.5) is 0 Å². The van der Waals surface area contributed by atoms with E-state index in [9.17, 15) is 0 Å². The molecule has 0 unspecified atom stereocenters. The minimum Gasteiger partial charge on any atom is -0.309 e. The topological polar surface area (TPSA) is 9.86 Å². The molecule has 2 aromatic heterocycles. The largest absolute Gasteiger partial charge is 0.309 e. The molecule has 0 saturated heterocycles. The van der Waals surface area contributed by atoms with Gasteiger partial charge in [0.25, 0.3) is 0 Å². The highest BCUT2D eigenvalue weighted by atomic mass is 15.0. The van der Waals surface area contributed by atoms with Crippen LogP contribution in [0.15, 0.2) is 194 Å². The van der Waals surface area contributed by atoms with E-state index in [1.807, 2.05) is 0 Å². The van der Waals surface area contributed by atoms with Crippen LogP contribution in [0.2, 0.25) is 0 Å². The number of rotatable bonds is 5. The van der Waals surface area contributed by atoms with Crippen molar-refractivity contribution < 1.29 is 0 Å². The van der Waals surface area contributed by atoms with E-state index in [1.54, 1.807) is 0 Å². The average molecular weight is 637 g/mol. The van der Waals surface area contributed by atoms with Gasteiger partial charge in [-0.05, 0) is 47.0 Å². The van der Waals surface area contributed by atoms with Crippen molar-refractivity contribution in [2.45, 2.75) is 0 Å². The molecule has 0 saturated carbocycles. The van der Waals surface area contributed by atoms with Gasteiger partial charge < -0.3 is 9.13 Å². The molecule has 0 spiro atoms. The molecule has 0 fully saturated rings. The van der Waals surface area contributed by atoms with Crippen LogP contribution < -0.4 is 0 Å². The smallest absolute Gasteiger partial charge is 0.0620 e. The van der Waals surface area contributed by atoms with Crippen LogP contribution in [0.25, 0.3) is 88.4 Å². The molecule has 0 atom stereocenters. The molecule has 234 valence electrons. The van der Waals surface area contributed by atoms with Gasteiger partial charge in [0, 0.05) is 38.2 Å². The zero-order valence-corrected chi connectivity index (χ0v) is 27.4. The number of aromatic nitrogens is 2. The Kier molecular flexibility index (Phi) is 6.53. The standard InChI is InChI=1S/C48H32N2/c1-3-17-33(18-4-1)35-25-16-32-46(47(35)34-19-5-2-6-20-34)50-45-31-14-10-24-39(45)41-27-15-26-40(48(41)50)38-23-9-13-30-44(38)49-42-28-11-7-21-36(42)37-22-8-12-29-43(37)49/h1-32H. The molecule has 2 heteroatoms. The molecule has 50 heavy (non-hydrogen) atoms. The second-order valence-electron chi connectivity index (χ2n) is 12.9. The number of benzene rings is 8. The maximum absolute atomic E-state index is 2.51. The quantitative estimate of drug-likeness (QED) is 0.178. The van der Waals surface area contributed by atoms with E-state index < -0.39 is 0 Å². The molecule has 8 aromatic carbocycles. The Hall–Kier alpha value is -6.64. The third-order valence-corrected chi connectivity index (χ3v) is 10.1. The molecule has 0 bridgehead atoms. The number of hydrogen-bond donors (Lipinski definition) is 0. The minimum absolute atomic E-state index is 1.16. The third-order valence-electron chi connectivity index (χ3n) is 10.1. The van der Waals surface area contributed by atoms with E-state index in [-0.39, 0.29) is 0 Å². The van der Waals surface area contributed by atoms with Crippen LogP contribution in [-0.2, 0) is 0 Å². The molecule has 0 N–H and O–H groups in total. The predicted molar refractivity (Wildman–Crippen MR) is 211 cm³/mol. The molecule has 2 nitrogen and oxygen atoms in total. The predicted octanol–water partition coefficient (Wildman–Crippen LogP) is 12.9. The van der Waals surface area contributed by atoms with E-state index in [0.29, 0.717) is 0 Å². The molecular weight excluding hydrogens is 605 g/mol. The van der Waals surface area contributed by atoms with Crippen molar-refractivity contribution in [1.82, 2.24) is 9.13 Å². The first-order valence-corrected chi connectivity index (χ1v) is 17.2. The van der Waals surface area contributed by atoms with E-state index in [4.69, 9.17) is 0 Å². The Labute approximate surface area is 290 Å². The second-order valence-corrected chi connectivity index (χ2v) is 12.9. The van der Waals surface area contributed by atoms with Crippen LogP contribution in [0, 0.1) is 0 Å². The SMILES string of the molecule is c1ccc(-c2cccc(-n3c4ccccc4c4cccc(-c5ccccc5-n5c6ccccc6c6ccccc65)c43)c2-c2ccccc2)cc1. The Morgan fingerprint density at radius 1 is 0.260 bits per heavy atom. The van der Waals surface area contributed by atoms with Crippen molar-refractivity contribution in [3.05, 3.63) is 194 Å². The summed E-state index contributed by atoms with van der Waals surface area (Å²) in [6, 6.07) is 70.4. The van der Waals surface area contributed by atoms with Crippen LogP contribution in [-0.4, -0.2) is 9.13 Å². The number of nitrogens with zero attached hydrogens (tertiary/aromatic N) is 2. The molecule has 0 amide bonds. The van der Waals surface area contributed by atoms with E-state index in [0.717, 1.165) is 11.4 Å². The highest BCUT2D eigenvalue weighted by Crippen LogP contribution is 2.45. The van der Waals surface area contributed by atoms with Gasteiger partial charge in [0.05, 0.1) is 33.4 Å². The Balaban J connectivity index is 1.34. The van der Waals surface area contributed by atoms with Crippen molar-refractivity contribution >= 4 is 43.6 Å². The Morgan fingerprint density at radius 2 is 0.700 bits per heavy atom. The minimum atomic E-state index is 1.16. The van der Waals surface area contributed by atoms with Gasteiger partial charge in [0.1, 0.15) is 0 Å². The lowest BCUT2D eigenvalue weighted by Gasteiger charge is -2.20. The van der Waals surface area contributed by atoms with Crippen molar-refractivity contribution in [2.75, 3.05) is 0 Å². The molecule has 0 aliphatic rings. The summed E-state index contributed by atoms with van der Waals surface area (Å²) in [5, 5.41) is 4.99. The first-order chi connectivity index (χ1) is 24.9. The molecule has 10 rings (SSSR count). The number of para-hydroxylation sites is 5. The van der Waals surface area contributed by atoms with E-state index in [1.165, 1.54) is 77.0 Å². The summed E-state index contributed by atoms with van der Waals surface area (Å²) in [5.41, 5.74) is 14.3. The summed E-state index contributed by atoms with van der Waals surface area (Å²) in [4.78, 5) is 0. The van der Waals surface area contributed by atoms with Gasteiger partial charge in [-0.1, -0.05) is 164 Å². The average Bonchev–Trinajstić information content (AvgIpc) is 3.71. The lowest BCUT2D eigenvalue weighted by molar-refractivity contribution is 1.17. The van der Waals surface area contributed by atoms with Crippen molar-refractivity contribution in [3.63, 3.8) is 0 Å². The maximum Gasteiger partial charge on any atom is 0.0620 e. The number of fused-ring (bicyclic) bond motifs is 6. The molecular formula is C48H32N2. The molecule has 10 aromatic rings. The van der Waals surface area contributed by atoms with Gasteiger partial charge in [0.2, 0.25) is 0 Å². The summed E-state index contributed by atoms with van der Waals surface area (Å²) in [7, 11) is 0. The lowest BCUT2D eigenvalue weighted by atomic mass is 9.92. The Bertz CT molecular complexity index is 2800. The first kappa shape index (κ1) is 28.4. The van der Waals surface area contributed by atoms with Gasteiger partial charge in [-0.15, -0.1) is 0 Å². The third kappa shape index (κ3) is 4.29. The highest BCUT2D eigenvalue weighted by Gasteiger charge is 2.23. The van der Waals surface area contributed by atoms with Crippen molar-refractivity contribution in [2.24, 2.45) is 0 Å². The summed E-state index contributed by atoms with van der Waals surface area (Å²) in [6.07, 6.45) is 0. The lowest BCUT2D eigenvalue weighted by Crippen LogP contribution is -2.02. The van der Waals surface area contributed by atoms with Crippen LogP contribution in [0.3, 0.4) is 0 Å². The van der Waals surface area contributed by atoms with Crippen LogP contribution >= 0.6 is 0 Å². The molecule has 0 aliphatic heterocycles. The summed E-state index contributed by atoms with van der Waals surface area (Å²) in [6.45, 7) is 0. The van der Waals surface area contributed by atoms with Gasteiger partial charge in [0.15, 0.2) is 0 Å². The first-order valence-electron chi connectivity index (χ1n) is 17.2. The highest BCUT2D eigenvalue weighted by molar-refractivity contribution is 6.16. The maximum atomic E-state index is 2.51. The van der Waals surface area contributed by atoms with Crippen molar-refractivity contribution in [1.29, 1.82) is 0 Å². The summed E-state index contributed by atoms with van der Waals surface area (Å²) < 4.78 is 4.95. The summed E-state index contributed by atoms with van der Waals surface area (Å²) >= 11 is 0. The van der Waals surface area contributed by atoms with Crippen molar-refractivity contribution in [3.8, 4) is 44.8 Å². The zero-order chi connectivity index (χ0) is 33.0. The van der Waals surface area contributed by atoms with Crippen LogP contribution in [0.1, 0.15) is 0 Å². The van der Waals surface area contributed by atoms with Gasteiger partial charge >= 0.3 is 0 Å².